The van der Waals surface area contributed by atoms with Crippen molar-refractivity contribution in [1.29, 1.82) is 0 Å². The van der Waals surface area contributed by atoms with Crippen molar-refractivity contribution in [3.63, 3.8) is 0 Å². The molecule has 0 spiro atoms. The lowest BCUT2D eigenvalue weighted by Crippen LogP contribution is -2.17. The number of hydrogen-bond acceptors (Lipinski definition) is 4. The molecule has 9 heteroatoms. The molecule has 0 unspecified atom stereocenters. The van der Waals surface area contributed by atoms with E-state index in [2.05, 4.69) is 15.0 Å². The molecule has 136 valence electrons. The Kier molecular flexibility index (Phi) is 5.08. The van der Waals surface area contributed by atoms with Gasteiger partial charge in [-0.05, 0) is 36.4 Å². The zero-order chi connectivity index (χ0) is 18.7. The number of nitrogens with one attached hydrogen (secondary N) is 1. The van der Waals surface area contributed by atoms with Crippen molar-refractivity contribution in [2.75, 3.05) is 11.1 Å². The minimum Gasteiger partial charge on any atom is -0.406 e. The van der Waals surface area contributed by atoms with E-state index < -0.39 is 6.36 Å². The number of halogens is 3. The number of thioether (sulfide) groups is 1. The number of alkyl halides is 3. The van der Waals surface area contributed by atoms with Crippen LogP contribution in [0.15, 0.2) is 53.7 Å². The Morgan fingerprint density at radius 3 is 2.54 bits per heavy atom. The lowest BCUT2D eigenvalue weighted by molar-refractivity contribution is -0.274. The summed E-state index contributed by atoms with van der Waals surface area (Å²) in [5.74, 6) is -0.506. The summed E-state index contributed by atoms with van der Waals surface area (Å²) in [6, 6.07) is 12.6. The van der Waals surface area contributed by atoms with Gasteiger partial charge in [-0.3, -0.25) is 4.79 Å². The van der Waals surface area contributed by atoms with E-state index in [1.807, 2.05) is 35.9 Å². The summed E-state index contributed by atoms with van der Waals surface area (Å²) in [6.45, 7) is 0. The Labute approximate surface area is 151 Å². The van der Waals surface area contributed by atoms with Crippen molar-refractivity contribution >= 4 is 34.4 Å². The first kappa shape index (κ1) is 18.1. The Morgan fingerprint density at radius 2 is 1.88 bits per heavy atom. The maximum absolute atomic E-state index is 12.1. The SMILES string of the molecule is Cn1c(SCC(=O)Nc2ccc(OC(F)(F)F)cc2)nc2ccccc21. The van der Waals surface area contributed by atoms with Gasteiger partial charge in [0.1, 0.15) is 5.75 Å². The number of imidazole rings is 1. The Morgan fingerprint density at radius 1 is 1.19 bits per heavy atom. The molecule has 3 aromatic rings. The van der Waals surface area contributed by atoms with Gasteiger partial charge in [0.15, 0.2) is 5.16 Å². The Balaban J connectivity index is 1.57. The van der Waals surface area contributed by atoms with Crippen LogP contribution in [0.1, 0.15) is 0 Å². The van der Waals surface area contributed by atoms with Gasteiger partial charge in [-0.1, -0.05) is 23.9 Å². The topological polar surface area (TPSA) is 56.2 Å². The molecule has 0 aliphatic carbocycles. The predicted molar refractivity (Wildman–Crippen MR) is 93.2 cm³/mol. The highest BCUT2D eigenvalue weighted by Gasteiger charge is 2.30. The maximum atomic E-state index is 12.1. The predicted octanol–water partition coefficient (Wildman–Crippen LogP) is 4.20. The van der Waals surface area contributed by atoms with Crippen LogP contribution in [0.3, 0.4) is 0 Å². The normalized spacial score (nSPS) is 11.5. The Bertz CT molecular complexity index is 923. The van der Waals surface area contributed by atoms with Gasteiger partial charge in [-0.15, -0.1) is 13.2 Å². The summed E-state index contributed by atoms with van der Waals surface area (Å²) in [5, 5.41) is 3.33. The van der Waals surface area contributed by atoms with Crippen molar-refractivity contribution in [3.05, 3.63) is 48.5 Å². The molecule has 0 saturated carbocycles. The lowest BCUT2D eigenvalue weighted by atomic mass is 10.3. The summed E-state index contributed by atoms with van der Waals surface area (Å²) >= 11 is 1.28. The van der Waals surface area contributed by atoms with Gasteiger partial charge < -0.3 is 14.6 Å². The van der Waals surface area contributed by atoms with Crippen molar-refractivity contribution in [3.8, 4) is 5.75 Å². The minimum absolute atomic E-state index is 0.123. The molecule has 0 atom stereocenters. The first-order valence-electron chi connectivity index (χ1n) is 7.52. The fourth-order valence-electron chi connectivity index (χ4n) is 2.32. The molecule has 5 nitrogen and oxygen atoms in total. The van der Waals surface area contributed by atoms with Gasteiger partial charge in [0.05, 0.1) is 16.8 Å². The molecule has 1 N–H and O–H groups in total. The molecule has 26 heavy (non-hydrogen) atoms. The van der Waals surface area contributed by atoms with E-state index in [4.69, 9.17) is 0 Å². The molecule has 0 radical (unpaired) electrons. The number of para-hydroxylation sites is 2. The van der Waals surface area contributed by atoms with Gasteiger partial charge >= 0.3 is 6.36 Å². The van der Waals surface area contributed by atoms with E-state index in [9.17, 15) is 18.0 Å². The van der Waals surface area contributed by atoms with Gasteiger partial charge in [-0.25, -0.2) is 4.98 Å². The van der Waals surface area contributed by atoms with Crippen LogP contribution in [-0.4, -0.2) is 27.6 Å². The highest BCUT2D eigenvalue weighted by atomic mass is 32.2. The molecule has 1 heterocycles. The van der Waals surface area contributed by atoms with Crippen LogP contribution in [0.2, 0.25) is 0 Å². The number of ether oxygens (including phenoxy) is 1. The standard InChI is InChI=1S/C17H14F3N3O2S/c1-23-14-5-3-2-4-13(14)22-16(23)26-10-15(24)21-11-6-8-12(9-7-11)25-17(18,19)20/h2-9H,10H2,1H3,(H,21,24). The number of anilines is 1. The number of rotatable bonds is 5. The summed E-state index contributed by atoms with van der Waals surface area (Å²) < 4.78 is 42.0. The molecule has 0 fully saturated rings. The molecule has 0 aliphatic rings. The van der Waals surface area contributed by atoms with E-state index in [1.54, 1.807) is 0 Å². The number of amides is 1. The fraction of sp³-hybridized carbons (Fsp3) is 0.176. The third-order valence-corrected chi connectivity index (χ3v) is 4.48. The van der Waals surface area contributed by atoms with Crippen LogP contribution >= 0.6 is 11.8 Å². The molecule has 1 aromatic heterocycles. The minimum atomic E-state index is -4.74. The first-order valence-corrected chi connectivity index (χ1v) is 8.50. The highest BCUT2D eigenvalue weighted by molar-refractivity contribution is 7.99. The van der Waals surface area contributed by atoms with Crippen molar-refractivity contribution in [2.24, 2.45) is 7.05 Å². The first-order chi connectivity index (χ1) is 12.3. The molecule has 2 aromatic carbocycles. The van der Waals surface area contributed by atoms with Crippen LogP contribution in [0.4, 0.5) is 18.9 Å². The lowest BCUT2D eigenvalue weighted by Gasteiger charge is -2.10. The van der Waals surface area contributed by atoms with Crippen LogP contribution in [0, 0.1) is 0 Å². The van der Waals surface area contributed by atoms with E-state index in [-0.39, 0.29) is 17.4 Å². The fourth-order valence-corrected chi connectivity index (χ4v) is 3.11. The molecule has 0 bridgehead atoms. The van der Waals surface area contributed by atoms with E-state index in [0.717, 1.165) is 23.2 Å². The van der Waals surface area contributed by atoms with Gasteiger partial charge in [-0.2, -0.15) is 0 Å². The largest absolute Gasteiger partial charge is 0.573 e. The number of carbonyl (C=O) groups is 1. The summed E-state index contributed by atoms with van der Waals surface area (Å²) in [5.41, 5.74) is 2.20. The molecular formula is C17H14F3N3O2S. The third-order valence-electron chi connectivity index (χ3n) is 3.45. The van der Waals surface area contributed by atoms with E-state index >= 15 is 0 Å². The molecule has 0 aliphatic heterocycles. The zero-order valence-electron chi connectivity index (χ0n) is 13.6. The van der Waals surface area contributed by atoms with Gasteiger partial charge in [0.2, 0.25) is 5.91 Å². The smallest absolute Gasteiger partial charge is 0.406 e. The summed E-state index contributed by atoms with van der Waals surface area (Å²) in [4.78, 5) is 16.5. The average molecular weight is 381 g/mol. The third kappa shape index (κ3) is 4.48. The van der Waals surface area contributed by atoms with Crippen LogP contribution in [0.5, 0.6) is 5.75 Å². The molecule has 0 saturated heterocycles. The maximum Gasteiger partial charge on any atom is 0.573 e. The molecular weight excluding hydrogens is 367 g/mol. The second kappa shape index (κ2) is 7.28. The number of hydrogen-bond donors (Lipinski definition) is 1. The number of nitrogens with zero attached hydrogens (tertiary/aromatic N) is 2. The van der Waals surface area contributed by atoms with Crippen LogP contribution in [-0.2, 0) is 11.8 Å². The van der Waals surface area contributed by atoms with Gasteiger partial charge in [0, 0.05) is 12.7 Å². The number of carbonyl (C=O) groups excluding carboxylic acids is 1. The molecule has 1 amide bonds. The van der Waals surface area contributed by atoms with Crippen LogP contribution < -0.4 is 10.1 Å². The summed E-state index contributed by atoms with van der Waals surface area (Å²) in [7, 11) is 1.87. The van der Waals surface area contributed by atoms with Crippen molar-refractivity contribution < 1.29 is 22.7 Å². The zero-order valence-corrected chi connectivity index (χ0v) is 14.4. The second-order valence-electron chi connectivity index (χ2n) is 5.35. The number of fused-ring (bicyclic) bond motifs is 1. The van der Waals surface area contributed by atoms with E-state index in [0.29, 0.717) is 10.8 Å². The summed E-state index contributed by atoms with van der Waals surface area (Å²) in [6.07, 6.45) is -4.74. The van der Waals surface area contributed by atoms with Crippen molar-refractivity contribution in [2.45, 2.75) is 11.5 Å². The van der Waals surface area contributed by atoms with Crippen LogP contribution in [0.25, 0.3) is 11.0 Å². The number of aryl methyl sites for hydroxylation is 1. The van der Waals surface area contributed by atoms with Crippen molar-refractivity contribution in [1.82, 2.24) is 9.55 Å². The van der Waals surface area contributed by atoms with Gasteiger partial charge in [0.25, 0.3) is 0 Å². The Hall–Kier alpha value is -2.68. The number of benzene rings is 2. The average Bonchev–Trinajstić information content (AvgIpc) is 2.90. The molecule has 3 rings (SSSR count). The number of aromatic nitrogens is 2. The highest BCUT2D eigenvalue weighted by Crippen LogP contribution is 2.25. The van der Waals surface area contributed by atoms with E-state index in [1.165, 1.54) is 23.9 Å². The second-order valence-corrected chi connectivity index (χ2v) is 6.29. The quantitative estimate of drug-likeness (QED) is 0.673. The monoisotopic (exact) mass is 381 g/mol.